The lowest BCUT2D eigenvalue weighted by Gasteiger charge is -2.36. The van der Waals surface area contributed by atoms with E-state index >= 15 is 0 Å². The van der Waals surface area contributed by atoms with Gasteiger partial charge in [-0.25, -0.2) is 0 Å². The molecule has 1 aromatic rings. The summed E-state index contributed by atoms with van der Waals surface area (Å²) in [5, 5.41) is 10.7. The average molecular weight is 248 g/mol. The summed E-state index contributed by atoms with van der Waals surface area (Å²) in [6.07, 6.45) is 4.53. The molecular weight excluding hydrogens is 224 g/mol. The van der Waals surface area contributed by atoms with E-state index in [0.717, 1.165) is 32.1 Å². The minimum absolute atomic E-state index is 0.221. The van der Waals surface area contributed by atoms with Gasteiger partial charge in [-0.2, -0.15) is 0 Å². The fourth-order valence-corrected chi connectivity index (χ4v) is 2.70. The Morgan fingerprint density at radius 1 is 1.22 bits per heavy atom. The van der Waals surface area contributed by atoms with Crippen molar-refractivity contribution in [1.29, 1.82) is 0 Å². The zero-order valence-corrected chi connectivity index (χ0v) is 11.5. The molecule has 1 N–H and O–H groups in total. The van der Waals surface area contributed by atoms with Crippen LogP contribution in [0.3, 0.4) is 0 Å². The van der Waals surface area contributed by atoms with Crippen LogP contribution in [0.25, 0.3) is 0 Å². The highest BCUT2D eigenvalue weighted by atomic mass is 16.5. The molecule has 1 fully saturated rings. The van der Waals surface area contributed by atoms with Crippen molar-refractivity contribution in [3.8, 4) is 0 Å². The molecule has 2 nitrogen and oxygen atoms in total. The molecule has 0 bridgehead atoms. The summed E-state index contributed by atoms with van der Waals surface area (Å²) >= 11 is 0. The zero-order valence-electron chi connectivity index (χ0n) is 11.5. The van der Waals surface area contributed by atoms with Gasteiger partial charge in [-0.05, 0) is 30.4 Å². The fourth-order valence-electron chi connectivity index (χ4n) is 2.70. The minimum Gasteiger partial charge on any atom is -0.389 e. The van der Waals surface area contributed by atoms with Gasteiger partial charge < -0.3 is 9.84 Å². The number of aryl methyl sites for hydroxylation is 1. The molecule has 0 radical (unpaired) electrons. The van der Waals surface area contributed by atoms with E-state index in [1.54, 1.807) is 0 Å². The van der Waals surface area contributed by atoms with Crippen LogP contribution in [0.5, 0.6) is 0 Å². The van der Waals surface area contributed by atoms with Crippen LogP contribution in [0.1, 0.15) is 44.2 Å². The van der Waals surface area contributed by atoms with E-state index in [0.29, 0.717) is 6.61 Å². The maximum Gasteiger partial charge on any atom is 0.0734 e. The standard InChI is InChI=1S/C16H24O2/c1-3-13-5-7-14(8-6-13)11-16(17)9-10-18-15(4-2)12-16/h5-8,15,17H,3-4,9-12H2,1-2H3. The second-order valence-electron chi connectivity index (χ2n) is 5.43. The lowest BCUT2D eigenvalue weighted by Crippen LogP contribution is -2.42. The topological polar surface area (TPSA) is 29.5 Å². The van der Waals surface area contributed by atoms with Crippen molar-refractivity contribution in [3.05, 3.63) is 35.4 Å². The molecule has 1 saturated heterocycles. The Kier molecular flexibility index (Phi) is 4.41. The first-order valence-electron chi connectivity index (χ1n) is 7.07. The molecule has 2 rings (SSSR count). The van der Waals surface area contributed by atoms with Gasteiger partial charge in [-0.3, -0.25) is 0 Å². The molecule has 2 unspecified atom stereocenters. The van der Waals surface area contributed by atoms with Gasteiger partial charge in [0.25, 0.3) is 0 Å². The summed E-state index contributed by atoms with van der Waals surface area (Å²) in [6.45, 7) is 4.96. The Morgan fingerprint density at radius 3 is 2.50 bits per heavy atom. The maximum absolute atomic E-state index is 10.7. The number of ether oxygens (including phenoxy) is 1. The Morgan fingerprint density at radius 2 is 1.89 bits per heavy atom. The lowest BCUT2D eigenvalue weighted by molar-refractivity contribution is -0.103. The van der Waals surface area contributed by atoms with Crippen LogP contribution in [-0.4, -0.2) is 23.4 Å². The summed E-state index contributed by atoms with van der Waals surface area (Å²) in [4.78, 5) is 0. The molecule has 0 spiro atoms. The van der Waals surface area contributed by atoms with E-state index in [2.05, 4.69) is 38.1 Å². The van der Waals surface area contributed by atoms with Crippen molar-refractivity contribution in [2.24, 2.45) is 0 Å². The van der Waals surface area contributed by atoms with E-state index in [-0.39, 0.29) is 6.10 Å². The third-order valence-corrected chi connectivity index (χ3v) is 3.95. The Labute approximate surface area is 110 Å². The molecule has 1 aliphatic rings. The highest BCUT2D eigenvalue weighted by Crippen LogP contribution is 2.29. The molecule has 0 saturated carbocycles. The molecule has 1 heterocycles. The SMILES string of the molecule is CCc1ccc(CC2(O)CCOC(CC)C2)cc1. The van der Waals surface area contributed by atoms with E-state index in [1.165, 1.54) is 11.1 Å². The zero-order chi connectivity index (χ0) is 13.0. The van der Waals surface area contributed by atoms with Gasteiger partial charge in [-0.15, -0.1) is 0 Å². The third-order valence-electron chi connectivity index (χ3n) is 3.95. The first-order chi connectivity index (χ1) is 8.65. The second kappa shape index (κ2) is 5.85. The van der Waals surface area contributed by atoms with Crippen molar-refractivity contribution in [2.45, 2.75) is 57.7 Å². The summed E-state index contributed by atoms with van der Waals surface area (Å²) in [6, 6.07) is 8.62. The maximum atomic E-state index is 10.7. The smallest absolute Gasteiger partial charge is 0.0734 e. The molecule has 2 atom stereocenters. The second-order valence-corrected chi connectivity index (χ2v) is 5.43. The Bertz CT molecular complexity index is 371. The first kappa shape index (κ1) is 13.6. The van der Waals surface area contributed by atoms with Crippen molar-refractivity contribution in [3.63, 3.8) is 0 Å². The molecule has 1 aliphatic heterocycles. The number of aliphatic hydroxyl groups is 1. The highest BCUT2D eigenvalue weighted by molar-refractivity contribution is 5.24. The van der Waals surface area contributed by atoms with Crippen LogP contribution in [0.4, 0.5) is 0 Å². The number of hydrogen-bond acceptors (Lipinski definition) is 2. The lowest BCUT2D eigenvalue weighted by atomic mass is 9.84. The largest absolute Gasteiger partial charge is 0.389 e. The Balaban J connectivity index is 2.02. The number of hydrogen-bond donors (Lipinski definition) is 1. The van der Waals surface area contributed by atoms with Crippen LogP contribution in [0.15, 0.2) is 24.3 Å². The van der Waals surface area contributed by atoms with Gasteiger partial charge >= 0.3 is 0 Å². The predicted molar refractivity (Wildman–Crippen MR) is 73.7 cm³/mol. The van der Waals surface area contributed by atoms with Gasteiger partial charge in [0.15, 0.2) is 0 Å². The number of benzene rings is 1. The summed E-state index contributed by atoms with van der Waals surface area (Å²) in [7, 11) is 0. The molecule has 0 amide bonds. The quantitative estimate of drug-likeness (QED) is 0.887. The van der Waals surface area contributed by atoms with E-state index in [1.807, 2.05) is 0 Å². The molecule has 100 valence electrons. The summed E-state index contributed by atoms with van der Waals surface area (Å²) in [5.41, 5.74) is 2.00. The molecule has 18 heavy (non-hydrogen) atoms. The van der Waals surface area contributed by atoms with Gasteiger partial charge in [0, 0.05) is 19.4 Å². The van der Waals surface area contributed by atoms with Crippen molar-refractivity contribution >= 4 is 0 Å². The first-order valence-corrected chi connectivity index (χ1v) is 7.07. The van der Waals surface area contributed by atoms with Gasteiger partial charge in [-0.1, -0.05) is 38.1 Å². The van der Waals surface area contributed by atoms with Gasteiger partial charge in [0.05, 0.1) is 11.7 Å². The van der Waals surface area contributed by atoms with E-state index in [9.17, 15) is 5.11 Å². The van der Waals surface area contributed by atoms with Crippen molar-refractivity contribution in [2.75, 3.05) is 6.61 Å². The van der Waals surface area contributed by atoms with Crippen molar-refractivity contribution < 1.29 is 9.84 Å². The third kappa shape index (κ3) is 3.33. The van der Waals surface area contributed by atoms with E-state index < -0.39 is 5.60 Å². The molecule has 2 heteroatoms. The molecule has 0 aromatic heterocycles. The summed E-state index contributed by atoms with van der Waals surface area (Å²) in [5.74, 6) is 0. The molecular formula is C16H24O2. The van der Waals surface area contributed by atoms with Crippen LogP contribution < -0.4 is 0 Å². The van der Waals surface area contributed by atoms with Gasteiger partial charge in [0.1, 0.15) is 0 Å². The molecule has 0 aliphatic carbocycles. The predicted octanol–water partition coefficient (Wildman–Crippen LogP) is 3.11. The van der Waals surface area contributed by atoms with Crippen LogP contribution >= 0.6 is 0 Å². The normalized spacial score (nSPS) is 28.3. The fraction of sp³-hybridized carbons (Fsp3) is 0.625. The summed E-state index contributed by atoms with van der Waals surface area (Å²) < 4.78 is 5.64. The monoisotopic (exact) mass is 248 g/mol. The Hall–Kier alpha value is -0.860. The minimum atomic E-state index is -0.577. The number of rotatable bonds is 4. The van der Waals surface area contributed by atoms with Crippen molar-refractivity contribution in [1.82, 2.24) is 0 Å². The van der Waals surface area contributed by atoms with E-state index in [4.69, 9.17) is 4.74 Å². The van der Waals surface area contributed by atoms with Crippen LogP contribution in [-0.2, 0) is 17.6 Å². The highest BCUT2D eigenvalue weighted by Gasteiger charge is 2.34. The van der Waals surface area contributed by atoms with Crippen LogP contribution in [0, 0.1) is 0 Å². The van der Waals surface area contributed by atoms with Crippen LogP contribution in [0.2, 0.25) is 0 Å². The van der Waals surface area contributed by atoms with Gasteiger partial charge in [0.2, 0.25) is 0 Å². The average Bonchev–Trinajstić information content (AvgIpc) is 2.39. The molecule has 1 aromatic carbocycles.